The number of guanidine groups is 1. The summed E-state index contributed by atoms with van der Waals surface area (Å²) in [5.74, 6) is 1.65. The smallest absolute Gasteiger partial charge is 0.191 e. The number of methoxy groups -OCH3 is 1. The molecule has 126 valence electrons. The number of hydrogen-bond donors (Lipinski definition) is 2. The molecule has 0 aliphatic heterocycles. The van der Waals surface area contributed by atoms with Crippen LogP contribution in [0.15, 0.2) is 11.3 Å². The Morgan fingerprint density at radius 2 is 2.23 bits per heavy atom. The fourth-order valence-corrected chi connectivity index (χ4v) is 1.87. The standard InChI is InChI=1S/C14H29N7O/c1-5-15-14(17-11-13-18-12-19-21(13)3)16-7-6-8-20(2)9-10-22-4/h12H,5-11H2,1-4H3,(H2,15,16,17). The molecule has 0 fully saturated rings. The lowest BCUT2D eigenvalue weighted by Crippen LogP contribution is -2.38. The number of nitrogens with zero attached hydrogens (tertiary/aromatic N) is 5. The summed E-state index contributed by atoms with van der Waals surface area (Å²) in [6.07, 6.45) is 2.59. The molecule has 1 aromatic heterocycles. The van der Waals surface area contributed by atoms with Crippen LogP contribution in [0.5, 0.6) is 0 Å². The molecule has 8 heteroatoms. The summed E-state index contributed by atoms with van der Waals surface area (Å²) in [7, 11) is 5.70. The van der Waals surface area contributed by atoms with Gasteiger partial charge in [0.1, 0.15) is 18.7 Å². The Morgan fingerprint density at radius 1 is 1.41 bits per heavy atom. The van der Waals surface area contributed by atoms with Crippen LogP contribution in [0.1, 0.15) is 19.2 Å². The molecule has 8 nitrogen and oxygen atoms in total. The zero-order valence-corrected chi connectivity index (χ0v) is 14.2. The Kier molecular flexibility index (Phi) is 9.17. The third-order valence-electron chi connectivity index (χ3n) is 3.21. The normalized spacial score (nSPS) is 12.0. The van der Waals surface area contributed by atoms with E-state index >= 15 is 0 Å². The summed E-state index contributed by atoms with van der Waals surface area (Å²) in [5, 5.41) is 10.6. The van der Waals surface area contributed by atoms with Crippen molar-refractivity contribution in [3.8, 4) is 0 Å². The van der Waals surface area contributed by atoms with Crippen molar-refractivity contribution < 1.29 is 4.74 Å². The van der Waals surface area contributed by atoms with E-state index in [1.165, 1.54) is 0 Å². The van der Waals surface area contributed by atoms with Gasteiger partial charge in [0, 0.05) is 33.8 Å². The predicted molar refractivity (Wildman–Crippen MR) is 87.8 cm³/mol. The van der Waals surface area contributed by atoms with E-state index in [9.17, 15) is 0 Å². The molecule has 0 aromatic carbocycles. The Morgan fingerprint density at radius 3 is 2.86 bits per heavy atom. The molecule has 0 amide bonds. The molecule has 0 aliphatic rings. The van der Waals surface area contributed by atoms with Gasteiger partial charge in [0.2, 0.25) is 0 Å². The molecule has 0 atom stereocenters. The van der Waals surface area contributed by atoms with Gasteiger partial charge in [-0.1, -0.05) is 0 Å². The van der Waals surface area contributed by atoms with Crippen molar-refractivity contribution >= 4 is 5.96 Å². The van der Waals surface area contributed by atoms with Crippen LogP contribution >= 0.6 is 0 Å². The molecule has 0 radical (unpaired) electrons. The van der Waals surface area contributed by atoms with Gasteiger partial charge in [-0.3, -0.25) is 4.68 Å². The Bertz CT molecular complexity index is 433. The zero-order chi connectivity index (χ0) is 16.2. The van der Waals surface area contributed by atoms with Gasteiger partial charge in [-0.15, -0.1) is 0 Å². The molecule has 1 heterocycles. The van der Waals surface area contributed by atoms with Crippen LogP contribution in [-0.4, -0.2) is 72.6 Å². The van der Waals surface area contributed by atoms with Gasteiger partial charge in [-0.05, 0) is 26.9 Å². The lowest BCUT2D eigenvalue weighted by Gasteiger charge is -2.16. The minimum absolute atomic E-state index is 0.513. The van der Waals surface area contributed by atoms with E-state index in [4.69, 9.17) is 4.74 Å². The maximum absolute atomic E-state index is 5.07. The fourth-order valence-electron chi connectivity index (χ4n) is 1.87. The van der Waals surface area contributed by atoms with Crippen LogP contribution in [0, 0.1) is 0 Å². The molecule has 2 N–H and O–H groups in total. The van der Waals surface area contributed by atoms with E-state index in [0.717, 1.165) is 51.0 Å². The summed E-state index contributed by atoms with van der Waals surface area (Å²) in [6, 6.07) is 0. The van der Waals surface area contributed by atoms with Crippen molar-refractivity contribution in [2.45, 2.75) is 19.9 Å². The highest BCUT2D eigenvalue weighted by molar-refractivity contribution is 5.79. The van der Waals surface area contributed by atoms with Gasteiger partial charge in [-0.2, -0.15) is 5.10 Å². The number of hydrogen-bond acceptors (Lipinski definition) is 5. The molecule has 22 heavy (non-hydrogen) atoms. The SMILES string of the molecule is CCNC(=NCc1ncnn1C)NCCCN(C)CCOC. The van der Waals surface area contributed by atoms with Crippen molar-refractivity contribution in [2.24, 2.45) is 12.0 Å². The molecule has 1 aromatic rings. The maximum Gasteiger partial charge on any atom is 0.191 e. The highest BCUT2D eigenvalue weighted by Crippen LogP contribution is 1.93. The number of rotatable bonds is 10. The second-order valence-corrected chi connectivity index (χ2v) is 5.07. The first-order valence-corrected chi connectivity index (χ1v) is 7.70. The second kappa shape index (κ2) is 11.0. The topological polar surface area (TPSA) is 79.6 Å². The number of aryl methyl sites for hydroxylation is 1. The number of likely N-dealkylation sites (N-methyl/N-ethyl adjacent to an activating group) is 1. The van der Waals surface area contributed by atoms with Crippen LogP contribution in [0.4, 0.5) is 0 Å². The number of ether oxygens (including phenoxy) is 1. The average molecular weight is 311 g/mol. The average Bonchev–Trinajstić information content (AvgIpc) is 2.92. The number of aliphatic imine (C=N–C) groups is 1. The van der Waals surface area contributed by atoms with Gasteiger partial charge >= 0.3 is 0 Å². The lowest BCUT2D eigenvalue weighted by molar-refractivity contribution is 0.161. The Hall–Kier alpha value is -1.67. The predicted octanol–water partition coefficient (Wildman–Crippen LogP) is -0.161. The minimum atomic E-state index is 0.513. The summed E-state index contributed by atoms with van der Waals surface area (Å²) in [4.78, 5) is 10.9. The Labute approximate surface area is 133 Å². The fraction of sp³-hybridized carbons (Fsp3) is 0.786. The lowest BCUT2D eigenvalue weighted by atomic mass is 10.4. The molecule has 0 aliphatic carbocycles. The molecule has 0 bridgehead atoms. The quantitative estimate of drug-likeness (QED) is 0.355. The molecule has 1 rings (SSSR count). The van der Waals surface area contributed by atoms with Crippen LogP contribution < -0.4 is 10.6 Å². The number of nitrogens with one attached hydrogen (secondary N) is 2. The molecule has 0 unspecified atom stereocenters. The van der Waals surface area contributed by atoms with E-state index in [1.807, 2.05) is 7.05 Å². The minimum Gasteiger partial charge on any atom is -0.383 e. The first-order valence-electron chi connectivity index (χ1n) is 7.70. The zero-order valence-electron chi connectivity index (χ0n) is 14.2. The van der Waals surface area contributed by atoms with Crippen LogP contribution in [0.25, 0.3) is 0 Å². The van der Waals surface area contributed by atoms with E-state index < -0.39 is 0 Å². The highest BCUT2D eigenvalue weighted by Gasteiger charge is 2.02. The largest absolute Gasteiger partial charge is 0.383 e. The van der Waals surface area contributed by atoms with Gasteiger partial charge < -0.3 is 20.3 Å². The third kappa shape index (κ3) is 7.37. The van der Waals surface area contributed by atoms with E-state index in [0.29, 0.717) is 6.54 Å². The summed E-state index contributed by atoms with van der Waals surface area (Å²) in [5.41, 5.74) is 0. The number of aromatic nitrogens is 3. The van der Waals surface area contributed by atoms with E-state index in [2.05, 4.69) is 44.6 Å². The van der Waals surface area contributed by atoms with Crippen molar-refractivity contribution in [1.82, 2.24) is 30.3 Å². The van der Waals surface area contributed by atoms with Gasteiger partial charge in [0.25, 0.3) is 0 Å². The second-order valence-electron chi connectivity index (χ2n) is 5.07. The van der Waals surface area contributed by atoms with E-state index in [1.54, 1.807) is 18.1 Å². The summed E-state index contributed by atoms with van der Waals surface area (Å²) >= 11 is 0. The molecule has 0 saturated heterocycles. The monoisotopic (exact) mass is 311 g/mol. The van der Waals surface area contributed by atoms with E-state index in [-0.39, 0.29) is 0 Å². The third-order valence-corrected chi connectivity index (χ3v) is 3.21. The molecule has 0 spiro atoms. The van der Waals surface area contributed by atoms with Crippen molar-refractivity contribution in [3.63, 3.8) is 0 Å². The molecule has 0 saturated carbocycles. The maximum atomic E-state index is 5.07. The summed E-state index contributed by atoms with van der Waals surface area (Å²) in [6.45, 7) is 7.03. The van der Waals surface area contributed by atoms with Crippen molar-refractivity contribution in [3.05, 3.63) is 12.2 Å². The highest BCUT2D eigenvalue weighted by atomic mass is 16.5. The molecular formula is C14H29N7O. The van der Waals surface area contributed by atoms with Crippen molar-refractivity contribution in [2.75, 3.05) is 46.9 Å². The van der Waals surface area contributed by atoms with Crippen LogP contribution in [0.2, 0.25) is 0 Å². The van der Waals surface area contributed by atoms with Gasteiger partial charge in [0.15, 0.2) is 5.96 Å². The van der Waals surface area contributed by atoms with Gasteiger partial charge in [-0.25, -0.2) is 9.98 Å². The van der Waals surface area contributed by atoms with Gasteiger partial charge in [0.05, 0.1) is 6.61 Å². The first kappa shape index (κ1) is 18.4. The Balaban J connectivity index is 2.30. The summed E-state index contributed by atoms with van der Waals surface area (Å²) < 4.78 is 6.80. The molecular weight excluding hydrogens is 282 g/mol. The first-order chi connectivity index (χ1) is 10.7. The van der Waals surface area contributed by atoms with Crippen LogP contribution in [-0.2, 0) is 18.3 Å². The van der Waals surface area contributed by atoms with Crippen LogP contribution in [0.3, 0.4) is 0 Å². The van der Waals surface area contributed by atoms with Crippen molar-refractivity contribution in [1.29, 1.82) is 0 Å².